The van der Waals surface area contributed by atoms with Crippen LogP contribution >= 0.6 is 46.1 Å². The van der Waals surface area contributed by atoms with Crippen LogP contribution in [0.3, 0.4) is 0 Å². The number of esters is 1. The quantitative estimate of drug-likeness (QED) is 0.146. The maximum absolute atomic E-state index is 14.5. The van der Waals surface area contributed by atoms with Gasteiger partial charge in [-0.25, -0.2) is 9.79 Å². The molecule has 0 aliphatic carbocycles. The van der Waals surface area contributed by atoms with Crippen molar-refractivity contribution >= 4 is 69.1 Å². The van der Waals surface area contributed by atoms with Crippen molar-refractivity contribution in [3.05, 3.63) is 129 Å². The molecule has 0 unspecified atom stereocenters. The predicted molar refractivity (Wildman–Crippen MR) is 190 cm³/mol. The van der Waals surface area contributed by atoms with Crippen LogP contribution in [0, 0.1) is 6.92 Å². The van der Waals surface area contributed by atoms with Crippen LogP contribution in [0.1, 0.15) is 55.1 Å². The van der Waals surface area contributed by atoms with Crippen molar-refractivity contribution in [1.29, 1.82) is 0 Å². The van der Waals surface area contributed by atoms with Crippen LogP contribution in [0.2, 0.25) is 15.1 Å². The molecule has 1 atom stereocenters. The SMILES string of the molecule is CCCC1=C(C(=O)OCC)[C@H](c2cc(Cl)ccc2OC)n2c(s/c(=C/c3c(C)n(Cc4ccc(Cl)cc4Cl)c4ccccc34)c2=O)=N1. The molecule has 0 spiro atoms. The molecule has 7 nitrogen and oxygen atoms in total. The Labute approximate surface area is 290 Å². The molecular formula is C36H32Cl3N3O4S. The van der Waals surface area contributed by atoms with Crippen molar-refractivity contribution in [3.8, 4) is 5.75 Å². The van der Waals surface area contributed by atoms with Crippen LogP contribution in [0.5, 0.6) is 5.75 Å². The van der Waals surface area contributed by atoms with Crippen LogP contribution in [0.15, 0.2) is 81.7 Å². The number of fused-ring (bicyclic) bond motifs is 2. The highest BCUT2D eigenvalue weighted by Crippen LogP contribution is 2.38. The van der Waals surface area contributed by atoms with Gasteiger partial charge in [0.25, 0.3) is 5.56 Å². The highest BCUT2D eigenvalue weighted by atomic mass is 35.5. The fourth-order valence-corrected chi connectivity index (χ4v) is 7.78. The van der Waals surface area contributed by atoms with Gasteiger partial charge in [0.1, 0.15) is 11.8 Å². The van der Waals surface area contributed by atoms with Gasteiger partial charge in [-0.15, -0.1) is 0 Å². The third-order valence-corrected chi connectivity index (χ3v) is 10.1. The molecule has 1 aliphatic heterocycles. The molecule has 0 fully saturated rings. The summed E-state index contributed by atoms with van der Waals surface area (Å²) in [6.07, 6.45) is 3.19. The van der Waals surface area contributed by atoms with E-state index in [4.69, 9.17) is 49.3 Å². The fourth-order valence-electron chi connectivity index (χ4n) is 6.13. The van der Waals surface area contributed by atoms with Gasteiger partial charge in [0.2, 0.25) is 0 Å². The number of thiazole rings is 1. The maximum Gasteiger partial charge on any atom is 0.338 e. The minimum absolute atomic E-state index is 0.177. The summed E-state index contributed by atoms with van der Waals surface area (Å²) >= 11 is 20.5. The second kappa shape index (κ2) is 13.7. The normalized spacial score (nSPS) is 14.8. The van der Waals surface area contributed by atoms with Crippen LogP contribution in [-0.4, -0.2) is 28.8 Å². The van der Waals surface area contributed by atoms with Crippen LogP contribution in [-0.2, 0) is 16.1 Å². The number of carbonyl (C=O) groups excluding carboxylic acids is 1. The predicted octanol–water partition coefficient (Wildman–Crippen LogP) is 7.86. The number of carbonyl (C=O) groups is 1. The minimum atomic E-state index is -0.850. The molecule has 242 valence electrons. The van der Waals surface area contributed by atoms with Gasteiger partial charge in [-0.3, -0.25) is 9.36 Å². The molecule has 1 aliphatic rings. The van der Waals surface area contributed by atoms with Gasteiger partial charge < -0.3 is 14.0 Å². The molecule has 3 heterocycles. The first-order chi connectivity index (χ1) is 22.7. The maximum atomic E-state index is 14.5. The number of benzene rings is 3. The van der Waals surface area contributed by atoms with E-state index in [0.717, 1.165) is 34.1 Å². The molecule has 47 heavy (non-hydrogen) atoms. The average molecular weight is 709 g/mol. The largest absolute Gasteiger partial charge is 0.496 e. The Hall–Kier alpha value is -3.82. The highest BCUT2D eigenvalue weighted by molar-refractivity contribution is 7.07. The first-order valence-electron chi connectivity index (χ1n) is 15.2. The zero-order chi connectivity index (χ0) is 33.4. The van der Waals surface area contributed by atoms with Crippen molar-refractivity contribution in [3.63, 3.8) is 0 Å². The first-order valence-corrected chi connectivity index (χ1v) is 17.2. The lowest BCUT2D eigenvalue weighted by Gasteiger charge is -2.27. The number of rotatable bonds is 9. The van der Waals surface area contributed by atoms with Crippen molar-refractivity contribution in [2.75, 3.05) is 13.7 Å². The topological polar surface area (TPSA) is 74.8 Å². The van der Waals surface area contributed by atoms with E-state index in [1.54, 1.807) is 42.9 Å². The monoisotopic (exact) mass is 707 g/mol. The molecule has 0 bridgehead atoms. The smallest absolute Gasteiger partial charge is 0.338 e. The summed E-state index contributed by atoms with van der Waals surface area (Å²) in [5.41, 5.74) is 4.99. The molecule has 3 aromatic carbocycles. The van der Waals surface area contributed by atoms with E-state index < -0.39 is 12.0 Å². The van der Waals surface area contributed by atoms with E-state index in [2.05, 4.69) is 10.6 Å². The lowest BCUT2D eigenvalue weighted by Crippen LogP contribution is -2.40. The Balaban J connectivity index is 1.60. The number of ether oxygens (including phenoxy) is 2. The van der Waals surface area contributed by atoms with Gasteiger partial charge in [-0.1, -0.05) is 83.7 Å². The molecule has 0 amide bonds. The Bertz CT molecular complexity index is 2250. The molecule has 6 rings (SSSR count). The Morgan fingerprint density at radius 2 is 1.79 bits per heavy atom. The van der Waals surface area contributed by atoms with Gasteiger partial charge >= 0.3 is 5.97 Å². The molecule has 0 N–H and O–H groups in total. The van der Waals surface area contributed by atoms with E-state index >= 15 is 0 Å². The third kappa shape index (κ3) is 6.16. The van der Waals surface area contributed by atoms with Gasteiger partial charge in [-0.2, -0.15) is 0 Å². The van der Waals surface area contributed by atoms with Gasteiger partial charge in [0, 0.05) is 49.3 Å². The summed E-state index contributed by atoms with van der Waals surface area (Å²) in [6.45, 7) is 6.50. The third-order valence-electron chi connectivity index (χ3n) is 8.28. The molecule has 0 saturated heterocycles. The Morgan fingerprint density at radius 3 is 2.51 bits per heavy atom. The fraction of sp³-hybridized carbons (Fsp3) is 0.250. The molecule has 11 heteroatoms. The van der Waals surface area contributed by atoms with Crippen LogP contribution in [0.25, 0.3) is 17.0 Å². The second-order valence-corrected chi connectivity index (χ2v) is 13.4. The van der Waals surface area contributed by atoms with Crippen molar-refractivity contribution in [2.45, 2.75) is 46.2 Å². The van der Waals surface area contributed by atoms with Crippen LogP contribution in [0.4, 0.5) is 0 Å². The van der Waals surface area contributed by atoms with Crippen LogP contribution < -0.4 is 19.6 Å². The molecule has 0 saturated carbocycles. The first kappa shape index (κ1) is 33.1. The zero-order valence-corrected chi connectivity index (χ0v) is 29.4. The number of methoxy groups -OCH3 is 1. The number of para-hydroxylation sites is 1. The van der Waals surface area contributed by atoms with E-state index in [1.807, 2.05) is 50.3 Å². The second-order valence-electron chi connectivity index (χ2n) is 11.1. The van der Waals surface area contributed by atoms with E-state index in [1.165, 1.54) is 11.3 Å². The lowest BCUT2D eigenvalue weighted by molar-refractivity contribution is -0.139. The van der Waals surface area contributed by atoms with Crippen molar-refractivity contribution < 1.29 is 14.3 Å². The number of halogens is 3. The van der Waals surface area contributed by atoms with Gasteiger partial charge in [0.15, 0.2) is 4.80 Å². The summed E-state index contributed by atoms with van der Waals surface area (Å²) in [6, 6.07) is 17.9. The van der Waals surface area contributed by atoms with Crippen molar-refractivity contribution in [1.82, 2.24) is 9.13 Å². The number of nitrogens with zero attached hydrogens (tertiary/aromatic N) is 3. The van der Waals surface area contributed by atoms with Gasteiger partial charge in [0.05, 0.1) is 29.5 Å². The Morgan fingerprint density at radius 1 is 1.04 bits per heavy atom. The minimum Gasteiger partial charge on any atom is -0.496 e. The molecule has 2 aromatic heterocycles. The summed E-state index contributed by atoms with van der Waals surface area (Å²) < 4.78 is 15.5. The molecule has 5 aromatic rings. The molecule has 0 radical (unpaired) electrons. The molecular weight excluding hydrogens is 677 g/mol. The van der Waals surface area contributed by atoms with E-state index in [-0.39, 0.29) is 12.2 Å². The summed E-state index contributed by atoms with van der Waals surface area (Å²) in [5.74, 6) is -0.0333. The number of hydrogen-bond donors (Lipinski definition) is 0. The standard InChI is InChI=1S/C36H32Cl3N3O4S/c1-5-9-28-32(35(44)46-6-2)33(26-16-22(37)14-15-30(26)45-4)42-34(43)31(47-36(42)40-28)18-25-20(3)41(29-11-8-7-10-24(25)29)19-21-12-13-23(38)17-27(21)39/h7-8,10-18,33H,5-6,9,19H2,1-4H3/b31-18+/t33-/m0/s1. The average Bonchev–Trinajstić information content (AvgIpc) is 3.50. The van der Waals surface area contributed by atoms with E-state index in [9.17, 15) is 9.59 Å². The number of aromatic nitrogens is 2. The van der Waals surface area contributed by atoms with Gasteiger partial charge in [-0.05, 0) is 68.3 Å². The summed E-state index contributed by atoms with van der Waals surface area (Å²) in [7, 11) is 1.55. The number of hydrogen-bond acceptors (Lipinski definition) is 6. The van der Waals surface area contributed by atoms with Crippen molar-refractivity contribution in [2.24, 2.45) is 4.99 Å². The number of allylic oxidation sites excluding steroid dienone is 1. The zero-order valence-electron chi connectivity index (χ0n) is 26.3. The Kier molecular flexibility index (Phi) is 9.67. The van der Waals surface area contributed by atoms with E-state index in [0.29, 0.717) is 60.0 Å². The lowest BCUT2D eigenvalue weighted by atomic mass is 9.93. The summed E-state index contributed by atoms with van der Waals surface area (Å²) in [5, 5.41) is 2.60. The highest BCUT2D eigenvalue weighted by Gasteiger charge is 2.36. The summed E-state index contributed by atoms with van der Waals surface area (Å²) in [4.78, 5) is 33.5.